The van der Waals surface area contributed by atoms with Crippen molar-refractivity contribution < 1.29 is 43.5 Å². The first-order valence-electron chi connectivity index (χ1n) is 19.0. The van der Waals surface area contributed by atoms with Crippen molar-refractivity contribution in [1.29, 1.82) is 0 Å². The van der Waals surface area contributed by atoms with E-state index in [4.69, 9.17) is 19.2 Å². The van der Waals surface area contributed by atoms with Gasteiger partial charge in [0.15, 0.2) is 11.4 Å². The number of benzene rings is 4. The van der Waals surface area contributed by atoms with Gasteiger partial charge in [0, 0.05) is 75.2 Å². The van der Waals surface area contributed by atoms with Gasteiger partial charge in [-0.25, -0.2) is 9.59 Å². The molecule has 13 nitrogen and oxygen atoms in total. The molecule has 0 unspecified atom stereocenters. The third kappa shape index (κ3) is 11.2. The van der Waals surface area contributed by atoms with E-state index >= 15 is 0 Å². The number of aliphatic carboxylic acids is 1. The molecular formula is C44H52N4O9. The molecule has 4 aromatic rings. The number of carbonyl (C=O) groups is 4. The summed E-state index contributed by atoms with van der Waals surface area (Å²) in [7, 11) is 1.59. The molecule has 0 aromatic heterocycles. The molecule has 57 heavy (non-hydrogen) atoms. The third-order valence-corrected chi connectivity index (χ3v) is 9.73. The first kappa shape index (κ1) is 41.9. The number of nitrogens with zero attached hydrogens (tertiary/aromatic N) is 4. The predicted molar refractivity (Wildman–Crippen MR) is 217 cm³/mol. The zero-order chi connectivity index (χ0) is 41.1. The Bertz CT molecular complexity index is 1980. The smallest absolute Gasteiger partial charge is 0.357 e. The molecular weight excluding hydrogens is 729 g/mol. The molecule has 0 saturated carbocycles. The largest absolute Gasteiger partial charge is 0.497 e. The summed E-state index contributed by atoms with van der Waals surface area (Å²) >= 11 is 0. The molecule has 0 radical (unpaired) electrons. The number of hydrogen-bond donors (Lipinski definition) is 1. The quantitative estimate of drug-likeness (QED) is 0.135. The van der Waals surface area contributed by atoms with E-state index < -0.39 is 17.5 Å². The molecule has 0 spiro atoms. The lowest BCUT2D eigenvalue weighted by molar-refractivity contribution is -0.217. The number of rotatable bonds is 11. The zero-order valence-corrected chi connectivity index (χ0v) is 33.5. The van der Waals surface area contributed by atoms with Crippen LogP contribution in [0.1, 0.15) is 54.0 Å². The highest BCUT2D eigenvalue weighted by Crippen LogP contribution is 2.32. The molecule has 2 saturated heterocycles. The Balaban J connectivity index is 0.000000218. The van der Waals surface area contributed by atoms with Crippen molar-refractivity contribution in [3.05, 3.63) is 114 Å². The average Bonchev–Trinajstić information content (AvgIpc) is 3.23. The van der Waals surface area contributed by atoms with Gasteiger partial charge in [-0.1, -0.05) is 49.7 Å². The molecule has 2 aliphatic rings. The number of piperazine rings is 2. The minimum Gasteiger partial charge on any atom is -0.497 e. The molecule has 2 heterocycles. The number of hydrogen-bond acceptors (Lipinski definition) is 10. The van der Waals surface area contributed by atoms with Crippen molar-refractivity contribution in [3.8, 4) is 17.2 Å². The maximum Gasteiger partial charge on any atom is 0.357 e. The van der Waals surface area contributed by atoms with E-state index in [-0.39, 0.29) is 17.7 Å². The molecule has 2 aliphatic heterocycles. The summed E-state index contributed by atoms with van der Waals surface area (Å²) < 4.78 is 10.9. The van der Waals surface area contributed by atoms with Crippen molar-refractivity contribution >= 4 is 35.1 Å². The van der Waals surface area contributed by atoms with Gasteiger partial charge in [0.2, 0.25) is 0 Å². The van der Waals surface area contributed by atoms with Gasteiger partial charge in [0.05, 0.1) is 18.7 Å². The third-order valence-electron chi connectivity index (χ3n) is 9.73. The number of carboxylic acid groups (broad SMARTS) is 1. The van der Waals surface area contributed by atoms with Crippen LogP contribution in [0.4, 0.5) is 11.4 Å². The lowest BCUT2D eigenvalue weighted by Gasteiger charge is -2.37. The van der Waals surface area contributed by atoms with Gasteiger partial charge in [-0.15, -0.1) is 0 Å². The van der Waals surface area contributed by atoms with E-state index in [1.54, 1.807) is 57.4 Å². The van der Waals surface area contributed by atoms with Crippen molar-refractivity contribution in [2.45, 2.75) is 40.2 Å². The zero-order valence-electron chi connectivity index (χ0n) is 33.5. The summed E-state index contributed by atoms with van der Waals surface area (Å²) in [6.07, 6.45) is 0. The van der Waals surface area contributed by atoms with Gasteiger partial charge < -0.3 is 34.2 Å². The maximum absolute atomic E-state index is 12.7. The fourth-order valence-corrected chi connectivity index (χ4v) is 6.15. The van der Waals surface area contributed by atoms with Crippen LogP contribution < -0.4 is 24.2 Å². The fourth-order valence-electron chi connectivity index (χ4n) is 6.15. The highest BCUT2D eigenvalue weighted by Gasteiger charge is 2.32. The van der Waals surface area contributed by atoms with E-state index in [0.717, 1.165) is 35.6 Å². The van der Waals surface area contributed by atoms with E-state index in [1.165, 1.54) is 13.8 Å². The molecule has 13 heteroatoms. The molecule has 2 amide bonds. The Morgan fingerprint density at radius 2 is 1.21 bits per heavy atom. The summed E-state index contributed by atoms with van der Waals surface area (Å²) in [4.78, 5) is 66.3. The molecule has 0 aliphatic carbocycles. The summed E-state index contributed by atoms with van der Waals surface area (Å²) in [5, 5.41) is 9.35. The topological polar surface area (TPSA) is 138 Å². The Morgan fingerprint density at radius 3 is 1.75 bits per heavy atom. The molecule has 0 atom stereocenters. The lowest BCUT2D eigenvalue weighted by atomic mass is 10.1. The first-order chi connectivity index (χ1) is 27.2. The summed E-state index contributed by atoms with van der Waals surface area (Å²) in [5.41, 5.74) is 2.97. The Morgan fingerprint density at radius 1 is 0.667 bits per heavy atom. The highest BCUT2D eigenvalue weighted by molar-refractivity contribution is 5.95. The van der Waals surface area contributed by atoms with Crippen molar-refractivity contribution in [2.24, 2.45) is 5.92 Å². The monoisotopic (exact) mass is 780 g/mol. The molecule has 4 aromatic carbocycles. The number of amides is 2. The van der Waals surface area contributed by atoms with Gasteiger partial charge >= 0.3 is 11.9 Å². The number of carboxylic acids is 1. The van der Waals surface area contributed by atoms with Crippen molar-refractivity contribution in [3.63, 3.8) is 0 Å². The standard InChI is InChI=1S/C22H26N2O5.C22H26N2O4/c1-22(2,21(26)27)29-19-7-5-4-6-18(19)23-12-14-24(15-13-23)20(25)16-8-10-17(28-3)11-9-16;1-16(2)22(26)28-27-20-6-4-5-19(15-20)23-11-13-24(14-12-23)21(25)18-9-7-17(3)8-10-18/h4-11H,12-15H2,1-3H3,(H,26,27);4-10,15-16H,11-14H2,1-3H3. The van der Waals surface area contributed by atoms with Gasteiger partial charge in [0.25, 0.3) is 11.8 Å². The van der Waals surface area contributed by atoms with Crippen LogP contribution in [0.5, 0.6) is 17.2 Å². The second-order valence-corrected chi connectivity index (χ2v) is 14.7. The van der Waals surface area contributed by atoms with Crippen LogP contribution in [0.2, 0.25) is 0 Å². The van der Waals surface area contributed by atoms with Crippen molar-refractivity contribution in [1.82, 2.24) is 9.80 Å². The summed E-state index contributed by atoms with van der Waals surface area (Å²) in [6, 6.07) is 29.6. The van der Waals surface area contributed by atoms with E-state index in [9.17, 15) is 24.3 Å². The van der Waals surface area contributed by atoms with Gasteiger partial charge in [-0.3, -0.25) is 19.4 Å². The summed E-state index contributed by atoms with van der Waals surface area (Å²) in [5.74, 6) is 0.0890. The average molecular weight is 781 g/mol. The number of para-hydroxylation sites is 2. The van der Waals surface area contributed by atoms with Crippen LogP contribution in [0.3, 0.4) is 0 Å². The highest BCUT2D eigenvalue weighted by atomic mass is 17.2. The molecule has 302 valence electrons. The van der Waals surface area contributed by atoms with Gasteiger partial charge in [-0.05, 0) is 81.4 Å². The second-order valence-electron chi connectivity index (χ2n) is 14.7. The minimum atomic E-state index is -1.33. The van der Waals surface area contributed by atoms with E-state index in [2.05, 4.69) is 9.80 Å². The Hall–Kier alpha value is -6.24. The fraction of sp³-hybridized carbons (Fsp3) is 0.364. The van der Waals surface area contributed by atoms with Crippen LogP contribution in [-0.2, 0) is 14.5 Å². The number of methoxy groups -OCH3 is 1. The van der Waals surface area contributed by atoms with Crippen LogP contribution in [0, 0.1) is 12.8 Å². The molecule has 1 N–H and O–H groups in total. The number of anilines is 2. The van der Waals surface area contributed by atoms with Crippen LogP contribution >= 0.6 is 0 Å². The van der Waals surface area contributed by atoms with Gasteiger partial charge in [-0.2, -0.15) is 0 Å². The normalized spacial score (nSPS) is 14.3. The minimum absolute atomic E-state index is 0.0103. The maximum atomic E-state index is 12.7. The van der Waals surface area contributed by atoms with E-state index in [1.807, 2.05) is 77.4 Å². The predicted octanol–water partition coefficient (Wildman–Crippen LogP) is 6.35. The number of ether oxygens (including phenoxy) is 2. The second kappa shape index (κ2) is 19.1. The number of aryl methyl sites for hydroxylation is 1. The van der Waals surface area contributed by atoms with E-state index in [0.29, 0.717) is 62.1 Å². The SMILES string of the molecule is COc1ccc(C(=O)N2CCN(c3ccccc3OC(C)(C)C(=O)O)CC2)cc1.Cc1ccc(C(=O)N2CCN(c3cccc(OOC(=O)C(C)C)c3)CC2)cc1. The molecule has 2 fully saturated rings. The molecule has 0 bridgehead atoms. The lowest BCUT2D eigenvalue weighted by Crippen LogP contribution is -2.49. The Labute approximate surface area is 334 Å². The Kier molecular flexibility index (Phi) is 14.0. The van der Waals surface area contributed by atoms with Crippen LogP contribution in [0.15, 0.2) is 97.1 Å². The van der Waals surface area contributed by atoms with Gasteiger partial charge in [0.1, 0.15) is 11.5 Å². The summed E-state index contributed by atoms with van der Waals surface area (Å²) in [6.45, 7) is 13.7. The number of carbonyl (C=O) groups excluding carboxylic acids is 3. The van der Waals surface area contributed by atoms with Crippen molar-refractivity contribution in [2.75, 3.05) is 69.3 Å². The molecule has 6 rings (SSSR count). The van der Waals surface area contributed by atoms with Crippen LogP contribution in [-0.4, -0.2) is 104 Å². The van der Waals surface area contributed by atoms with Crippen LogP contribution in [0.25, 0.3) is 0 Å². The first-order valence-corrected chi connectivity index (χ1v) is 19.0.